The second-order valence-corrected chi connectivity index (χ2v) is 9.98. The predicted molar refractivity (Wildman–Crippen MR) is 139 cm³/mol. The summed E-state index contributed by atoms with van der Waals surface area (Å²) in [6.07, 6.45) is 9.23. The molecule has 178 valence electrons. The Balaban J connectivity index is 1.24. The van der Waals surface area contributed by atoms with E-state index in [4.69, 9.17) is 4.74 Å². The molecule has 5 rings (SSSR count). The fourth-order valence-electron chi connectivity index (χ4n) is 5.71. The Morgan fingerprint density at radius 2 is 1.56 bits per heavy atom. The number of likely N-dealkylation sites (tertiary alicyclic amines) is 1. The Bertz CT molecular complexity index is 1040. The van der Waals surface area contributed by atoms with E-state index >= 15 is 0 Å². The maximum absolute atomic E-state index is 9.97. The fourth-order valence-corrected chi connectivity index (χ4v) is 5.71. The standard InChI is InChI=1S/C31H37NO2/c33-27-17-18-28-30(22-27)34-23-29(25-11-5-3-6-12-25)31(28)26-15-13-24(14-16-26)10-4-1-2-7-19-32-20-8-9-21-32/h3,5-6,11-18,22,29,31,33H,1-2,4,7-10,19-21,23H2. The zero-order chi connectivity index (χ0) is 23.2. The lowest BCUT2D eigenvalue weighted by molar-refractivity contribution is 0.248. The zero-order valence-corrected chi connectivity index (χ0v) is 20.2. The van der Waals surface area contributed by atoms with Crippen LogP contribution in [0.4, 0.5) is 0 Å². The van der Waals surface area contributed by atoms with Gasteiger partial charge in [-0.15, -0.1) is 0 Å². The Hall–Kier alpha value is -2.78. The smallest absolute Gasteiger partial charge is 0.126 e. The van der Waals surface area contributed by atoms with Crippen LogP contribution < -0.4 is 4.74 Å². The molecule has 1 fully saturated rings. The van der Waals surface area contributed by atoms with Gasteiger partial charge in [-0.05, 0) is 74.5 Å². The van der Waals surface area contributed by atoms with Crippen molar-refractivity contribution in [3.8, 4) is 11.5 Å². The van der Waals surface area contributed by atoms with E-state index in [0.717, 1.165) is 17.7 Å². The number of benzene rings is 3. The molecule has 3 heteroatoms. The second-order valence-electron chi connectivity index (χ2n) is 9.98. The number of unbranched alkanes of at least 4 members (excludes halogenated alkanes) is 3. The molecule has 34 heavy (non-hydrogen) atoms. The van der Waals surface area contributed by atoms with E-state index in [1.165, 1.54) is 74.8 Å². The molecule has 2 unspecified atom stereocenters. The third-order valence-electron chi connectivity index (χ3n) is 7.61. The first-order valence-corrected chi connectivity index (χ1v) is 13.1. The van der Waals surface area contributed by atoms with Crippen LogP contribution in [0.25, 0.3) is 0 Å². The topological polar surface area (TPSA) is 32.7 Å². The lowest BCUT2D eigenvalue weighted by Gasteiger charge is -2.34. The number of nitrogens with zero attached hydrogens (tertiary/aromatic N) is 1. The van der Waals surface area contributed by atoms with Crippen LogP contribution in [0, 0.1) is 0 Å². The number of phenols is 1. The highest BCUT2D eigenvalue weighted by molar-refractivity contribution is 5.50. The van der Waals surface area contributed by atoms with E-state index in [1.54, 1.807) is 12.1 Å². The van der Waals surface area contributed by atoms with Gasteiger partial charge < -0.3 is 14.7 Å². The highest BCUT2D eigenvalue weighted by Crippen LogP contribution is 2.46. The van der Waals surface area contributed by atoms with E-state index in [1.807, 2.05) is 6.07 Å². The molecule has 1 saturated heterocycles. The van der Waals surface area contributed by atoms with Crippen molar-refractivity contribution in [1.29, 1.82) is 0 Å². The van der Waals surface area contributed by atoms with Crippen LogP contribution in [0.15, 0.2) is 72.8 Å². The molecule has 0 spiro atoms. The van der Waals surface area contributed by atoms with Gasteiger partial charge in [0.15, 0.2) is 0 Å². The molecule has 0 amide bonds. The Labute approximate surface area is 204 Å². The number of ether oxygens (including phenoxy) is 1. The average Bonchev–Trinajstić information content (AvgIpc) is 3.40. The number of aryl methyl sites for hydroxylation is 1. The van der Waals surface area contributed by atoms with Gasteiger partial charge in [-0.25, -0.2) is 0 Å². The highest BCUT2D eigenvalue weighted by atomic mass is 16.5. The normalized spacial score (nSPS) is 20.1. The summed E-state index contributed by atoms with van der Waals surface area (Å²) < 4.78 is 6.10. The first-order valence-electron chi connectivity index (χ1n) is 13.1. The molecular weight excluding hydrogens is 418 g/mol. The van der Waals surface area contributed by atoms with Crippen molar-refractivity contribution in [3.63, 3.8) is 0 Å². The van der Waals surface area contributed by atoms with Crippen LogP contribution in [-0.4, -0.2) is 36.2 Å². The second kappa shape index (κ2) is 11.1. The molecule has 0 bridgehead atoms. The van der Waals surface area contributed by atoms with Crippen molar-refractivity contribution >= 4 is 0 Å². The largest absolute Gasteiger partial charge is 0.508 e. The Kier molecular flexibility index (Phi) is 7.50. The average molecular weight is 456 g/mol. The summed E-state index contributed by atoms with van der Waals surface area (Å²) in [5.41, 5.74) is 5.20. The lowest BCUT2D eigenvalue weighted by atomic mass is 9.75. The number of hydrogen-bond acceptors (Lipinski definition) is 3. The minimum absolute atomic E-state index is 0.214. The van der Waals surface area contributed by atoms with Crippen LogP contribution >= 0.6 is 0 Å². The summed E-state index contributed by atoms with van der Waals surface area (Å²) in [6, 6.07) is 25.5. The minimum Gasteiger partial charge on any atom is -0.508 e. The molecule has 1 N–H and O–H groups in total. The quantitative estimate of drug-likeness (QED) is 0.356. The van der Waals surface area contributed by atoms with Crippen LogP contribution in [0.3, 0.4) is 0 Å². The molecule has 2 heterocycles. The SMILES string of the molecule is Oc1ccc2c(c1)OCC(c1ccccc1)C2c1ccc(CCCCCCN2CCCC2)cc1. The first kappa shape index (κ1) is 23.0. The molecule has 3 aromatic rings. The third kappa shape index (κ3) is 5.47. The van der Waals surface area contributed by atoms with Gasteiger partial charge in [0, 0.05) is 23.5 Å². The summed E-state index contributed by atoms with van der Waals surface area (Å²) in [6.45, 7) is 4.54. The Morgan fingerprint density at radius 1 is 0.794 bits per heavy atom. The van der Waals surface area contributed by atoms with Gasteiger partial charge in [0.1, 0.15) is 11.5 Å². The molecule has 0 saturated carbocycles. The molecule has 2 aliphatic heterocycles. The molecule has 3 nitrogen and oxygen atoms in total. The molecule has 0 aromatic heterocycles. The fraction of sp³-hybridized carbons (Fsp3) is 0.419. The van der Waals surface area contributed by atoms with Crippen molar-refractivity contribution in [2.45, 2.75) is 56.8 Å². The number of fused-ring (bicyclic) bond motifs is 1. The van der Waals surface area contributed by atoms with Crippen molar-refractivity contribution in [3.05, 3.63) is 95.1 Å². The van der Waals surface area contributed by atoms with Gasteiger partial charge in [-0.2, -0.15) is 0 Å². The van der Waals surface area contributed by atoms with E-state index < -0.39 is 0 Å². The number of rotatable bonds is 9. The van der Waals surface area contributed by atoms with E-state index in [-0.39, 0.29) is 17.6 Å². The summed E-state index contributed by atoms with van der Waals surface area (Å²) in [7, 11) is 0. The highest BCUT2D eigenvalue weighted by Gasteiger charge is 2.33. The molecule has 2 atom stereocenters. The van der Waals surface area contributed by atoms with Crippen molar-refractivity contribution in [2.24, 2.45) is 0 Å². The van der Waals surface area contributed by atoms with Gasteiger partial charge in [0.2, 0.25) is 0 Å². The molecule has 3 aromatic carbocycles. The van der Waals surface area contributed by atoms with Gasteiger partial charge in [-0.1, -0.05) is 73.5 Å². The summed E-state index contributed by atoms with van der Waals surface area (Å²) in [5.74, 6) is 1.52. The summed E-state index contributed by atoms with van der Waals surface area (Å²) in [4.78, 5) is 2.62. The first-order chi connectivity index (χ1) is 16.8. The number of hydrogen-bond donors (Lipinski definition) is 1. The van der Waals surface area contributed by atoms with Crippen LogP contribution in [0.2, 0.25) is 0 Å². The third-order valence-corrected chi connectivity index (χ3v) is 7.61. The summed E-state index contributed by atoms with van der Waals surface area (Å²) in [5, 5.41) is 9.97. The van der Waals surface area contributed by atoms with Crippen LogP contribution in [-0.2, 0) is 6.42 Å². The number of aromatic hydroxyl groups is 1. The maximum Gasteiger partial charge on any atom is 0.126 e. The minimum atomic E-state index is 0.214. The lowest BCUT2D eigenvalue weighted by Crippen LogP contribution is -2.25. The van der Waals surface area contributed by atoms with Gasteiger partial charge in [0.25, 0.3) is 0 Å². The summed E-state index contributed by atoms with van der Waals surface area (Å²) >= 11 is 0. The van der Waals surface area contributed by atoms with Gasteiger partial charge in [-0.3, -0.25) is 0 Å². The van der Waals surface area contributed by atoms with Crippen molar-refractivity contribution in [2.75, 3.05) is 26.2 Å². The molecule has 0 radical (unpaired) electrons. The van der Waals surface area contributed by atoms with Crippen LogP contribution in [0.5, 0.6) is 11.5 Å². The van der Waals surface area contributed by atoms with Gasteiger partial charge in [0.05, 0.1) is 6.61 Å². The monoisotopic (exact) mass is 455 g/mol. The zero-order valence-electron chi connectivity index (χ0n) is 20.2. The van der Waals surface area contributed by atoms with Crippen molar-refractivity contribution in [1.82, 2.24) is 4.90 Å². The molecular formula is C31H37NO2. The van der Waals surface area contributed by atoms with E-state index in [9.17, 15) is 5.11 Å². The Morgan fingerprint density at radius 3 is 2.35 bits per heavy atom. The van der Waals surface area contributed by atoms with Gasteiger partial charge >= 0.3 is 0 Å². The number of phenolic OH excluding ortho intramolecular Hbond substituents is 1. The maximum atomic E-state index is 9.97. The van der Waals surface area contributed by atoms with Crippen LogP contribution in [0.1, 0.15) is 72.6 Å². The van der Waals surface area contributed by atoms with E-state index in [2.05, 4.69) is 59.5 Å². The molecule has 0 aliphatic carbocycles. The molecule has 2 aliphatic rings. The predicted octanol–water partition coefficient (Wildman–Crippen LogP) is 6.90. The van der Waals surface area contributed by atoms with E-state index in [0.29, 0.717) is 6.61 Å². The van der Waals surface area contributed by atoms with Crippen molar-refractivity contribution < 1.29 is 9.84 Å².